The van der Waals surface area contributed by atoms with E-state index in [0.717, 1.165) is 33.5 Å². The molecular formula is C25H27F3N4O4. The van der Waals surface area contributed by atoms with Gasteiger partial charge in [0.05, 0.1) is 17.3 Å². The summed E-state index contributed by atoms with van der Waals surface area (Å²) >= 11 is 0. The van der Waals surface area contributed by atoms with Crippen LogP contribution in [0, 0.1) is 23.4 Å². The molecule has 192 valence electrons. The number of carbonyl (C=O) groups is 1. The van der Waals surface area contributed by atoms with Crippen molar-refractivity contribution in [2.45, 2.75) is 64.1 Å². The molecule has 8 nitrogen and oxygen atoms in total. The lowest BCUT2D eigenvalue weighted by molar-refractivity contribution is -0.131. The highest BCUT2D eigenvalue weighted by molar-refractivity contribution is 5.80. The standard InChI is InChI=1S/C25H27F3N4O4/c1-13(2)9-21(33)23(34)30-15-3-5-16(6-4-15)32-24(35)18-10-14(26)12-29-22(18)31(25(32)36)17-7-8-19(27)20(28)11-17/h7-8,10-13,15-16,21,33H,3-6,9H2,1-2H3,(H,30,34)/t15?,16?,21-/m0/s1. The average molecular weight is 505 g/mol. The quantitative estimate of drug-likeness (QED) is 0.537. The van der Waals surface area contributed by atoms with Crippen LogP contribution in [0.25, 0.3) is 16.7 Å². The van der Waals surface area contributed by atoms with E-state index in [0.29, 0.717) is 32.1 Å². The van der Waals surface area contributed by atoms with Crippen molar-refractivity contribution in [2.24, 2.45) is 5.92 Å². The number of carbonyl (C=O) groups excluding carboxylic acids is 1. The Kier molecular flexibility index (Phi) is 7.30. The molecule has 2 heterocycles. The van der Waals surface area contributed by atoms with E-state index in [1.54, 1.807) is 0 Å². The van der Waals surface area contributed by atoms with Crippen LogP contribution in [0.15, 0.2) is 40.1 Å². The second kappa shape index (κ2) is 10.3. The smallest absolute Gasteiger partial charge is 0.337 e. The number of hydrogen-bond acceptors (Lipinski definition) is 5. The molecule has 0 spiro atoms. The topological polar surface area (TPSA) is 106 Å². The maximum absolute atomic E-state index is 14.0. The van der Waals surface area contributed by atoms with Gasteiger partial charge >= 0.3 is 5.69 Å². The van der Waals surface area contributed by atoms with Gasteiger partial charge in [-0.25, -0.2) is 27.5 Å². The molecular weight excluding hydrogens is 477 g/mol. The zero-order valence-electron chi connectivity index (χ0n) is 19.9. The number of fused-ring (bicyclic) bond motifs is 1. The first-order valence-corrected chi connectivity index (χ1v) is 11.8. The van der Waals surface area contributed by atoms with Crippen LogP contribution in [0.3, 0.4) is 0 Å². The lowest BCUT2D eigenvalue weighted by Gasteiger charge is -2.31. The number of aliphatic hydroxyl groups is 1. The van der Waals surface area contributed by atoms with E-state index in [-0.39, 0.29) is 28.7 Å². The molecule has 0 unspecified atom stereocenters. The van der Waals surface area contributed by atoms with Crippen LogP contribution in [0.5, 0.6) is 0 Å². The van der Waals surface area contributed by atoms with Crippen molar-refractivity contribution >= 4 is 16.9 Å². The summed E-state index contributed by atoms with van der Waals surface area (Å²) in [6, 6.07) is 2.99. The Morgan fingerprint density at radius 1 is 1.11 bits per heavy atom. The van der Waals surface area contributed by atoms with Crippen molar-refractivity contribution in [3.05, 3.63) is 68.8 Å². The summed E-state index contributed by atoms with van der Waals surface area (Å²) in [4.78, 5) is 42.9. The van der Waals surface area contributed by atoms with E-state index in [2.05, 4.69) is 10.3 Å². The first-order valence-electron chi connectivity index (χ1n) is 11.8. The van der Waals surface area contributed by atoms with E-state index in [9.17, 15) is 32.7 Å². The number of pyridine rings is 1. The zero-order chi connectivity index (χ0) is 26.1. The number of hydrogen-bond donors (Lipinski definition) is 2. The van der Waals surface area contributed by atoms with Crippen molar-refractivity contribution in [1.29, 1.82) is 0 Å². The summed E-state index contributed by atoms with van der Waals surface area (Å²) in [5, 5.41) is 12.7. The molecule has 0 bridgehead atoms. The van der Waals surface area contributed by atoms with E-state index in [4.69, 9.17) is 0 Å². The highest BCUT2D eigenvalue weighted by atomic mass is 19.2. The van der Waals surface area contributed by atoms with E-state index in [1.165, 1.54) is 6.07 Å². The Morgan fingerprint density at radius 2 is 1.81 bits per heavy atom. The first-order chi connectivity index (χ1) is 17.1. The van der Waals surface area contributed by atoms with Gasteiger partial charge in [0.1, 0.15) is 11.9 Å². The molecule has 3 aromatic rings. The van der Waals surface area contributed by atoms with E-state index in [1.807, 2.05) is 13.8 Å². The molecule has 11 heteroatoms. The third-order valence-electron chi connectivity index (χ3n) is 6.46. The molecule has 0 aliphatic heterocycles. The Morgan fingerprint density at radius 3 is 2.44 bits per heavy atom. The zero-order valence-corrected chi connectivity index (χ0v) is 19.9. The Hall–Kier alpha value is -3.47. The Bertz CT molecular complexity index is 1410. The molecule has 1 saturated carbocycles. The van der Waals surface area contributed by atoms with Crippen molar-refractivity contribution in [3.8, 4) is 5.69 Å². The average Bonchev–Trinajstić information content (AvgIpc) is 2.82. The van der Waals surface area contributed by atoms with Crippen molar-refractivity contribution in [1.82, 2.24) is 19.4 Å². The fourth-order valence-corrected chi connectivity index (χ4v) is 4.69. The summed E-state index contributed by atoms with van der Waals surface area (Å²) in [6.07, 6.45) is 1.66. The number of aliphatic hydroxyl groups excluding tert-OH is 1. The van der Waals surface area contributed by atoms with Gasteiger partial charge in [0.15, 0.2) is 17.3 Å². The van der Waals surface area contributed by atoms with E-state index >= 15 is 0 Å². The molecule has 1 fully saturated rings. The largest absolute Gasteiger partial charge is 0.383 e. The van der Waals surface area contributed by atoms with Crippen LogP contribution < -0.4 is 16.6 Å². The SMILES string of the molecule is CC(C)C[C@H](O)C(=O)NC1CCC(n2c(=O)c3cc(F)cnc3n(-c3ccc(F)c(F)c3)c2=O)CC1. The fourth-order valence-electron chi connectivity index (χ4n) is 4.69. The highest BCUT2D eigenvalue weighted by Crippen LogP contribution is 2.28. The fraction of sp³-hybridized carbons (Fsp3) is 0.440. The molecule has 2 N–H and O–H groups in total. The second-order valence-electron chi connectivity index (χ2n) is 9.58. The molecule has 1 aliphatic carbocycles. The Labute approximate surface area is 204 Å². The first kappa shape index (κ1) is 25.6. The third-order valence-corrected chi connectivity index (χ3v) is 6.46. The molecule has 4 rings (SSSR count). The van der Waals surface area contributed by atoms with Gasteiger partial charge < -0.3 is 10.4 Å². The summed E-state index contributed by atoms with van der Waals surface area (Å²) in [5.41, 5.74) is -1.77. The lowest BCUT2D eigenvalue weighted by Crippen LogP contribution is -2.46. The molecule has 2 aromatic heterocycles. The van der Waals surface area contributed by atoms with Crippen molar-refractivity contribution in [2.75, 3.05) is 0 Å². The number of amides is 1. The molecule has 1 amide bonds. The predicted octanol–water partition coefficient (Wildman–Crippen LogP) is 2.97. The maximum Gasteiger partial charge on any atom is 0.337 e. The number of nitrogens with one attached hydrogen (secondary N) is 1. The van der Waals surface area contributed by atoms with Gasteiger partial charge in [-0.2, -0.15) is 0 Å². The molecule has 1 aliphatic rings. The van der Waals surface area contributed by atoms with Crippen LogP contribution in [0.4, 0.5) is 13.2 Å². The van der Waals surface area contributed by atoms with Crippen LogP contribution in [-0.4, -0.2) is 37.3 Å². The van der Waals surface area contributed by atoms with Gasteiger partial charge in [0.2, 0.25) is 5.91 Å². The van der Waals surface area contributed by atoms with Gasteiger partial charge in [0.25, 0.3) is 5.56 Å². The number of nitrogens with zero attached hydrogens (tertiary/aromatic N) is 3. The normalized spacial score (nSPS) is 19.0. The second-order valence-corrected chi connectivity index (χ2v) is 9.58. The summed E-state index contributed by atoms with van der Waals surface area (Å²) < 4.78 is 43.5. The molecule has 1 atom stereocenters. The predicted molar refractivity (Wildman–Crippen MR) is 126 cm³/mol. The van der Waals surface area contributed by atoms with Gasteiger partial charge in [-0.05, 0) is 56.2 Å². The van der Waals surface area contributed by atoms with Crippen LogP contribution >= 0.6 is 0 Å². The summed E-state index contributed by atoms with van der Waals surface area (Å²) in [7, 11) is 0. The van der Waals surface area contributed by atoms with Gasteiger partial charge in [-0.1, -0.05) is 13.8 Å². The van der Waals surface area contributed by atoms with Gasteiger partial charge in [0, 0.05) is 18.2 Å². The van der Waals surface area contributed by atoms with Crippen LogP contribution in [0.2, 0.25) is 0 Å². The van der Waals surface area contributed by atoms with Crippen molar-refractivity contribution in [3.63, 3.8) is 0 Å². The number of halogens is 3. The molecule has 1 aromatic carbocycles. The van der Waals surface area contributed by atoms with Gasteiger partial charge in [-0.15, -0.1) is 0 Å². The van der Waals surface area contributed by atoms with E-state index < -0.39 is 46.8 Å². The minimum Gasteiger partial charge on any atom is -0.383 e. The third kappa shape index (κ3) is 5.06. The van der Waals surface area contributed by atoms with Gasteiger partial charge in [-0.3, -0.25) is 14.2 Å². The summed E-state index contributed by atoms with van der Waals surface area (Å²) in [6.45, 7) is 3.80. The Balaban J connectivity index is 1.68. The molecule has 0 saturated heterocycles. The molecule has 0 radical (unpaired) electrons. The maximum atomic E-state index is 14.0. The van der Waals surface area contributed by atoms with Crippen molar-refractivity contribution < 1.29 is 23.1 Å². The summed E-state index contributed by atoms with van der Waals surface area (Å²) in [5.74, 6) is -3.40. The van der Waals surface area contributed by atoms with Crippen LogP contribution in [-0.2, 0) is 4.79 Å². The minimum atomic E-state index is -1.19. The highest BCUT2D eigenvalue weighted by Gasteiger charge is 2.29. The lowest BCUT2D eigenvalue weighted by atomic mass is 9.90. The molecule has 36 heavy (non-hydrogen) atoms. The number of benzene rings is 1. The number of rotatable bonds is 6. The monoisotopic (exact) mass is 504 g/mol. The minimum absolute atomic E-state index is 0.0585. The number of aromatic nitrogens is 3. The van der Waals surface area contributed by atoms with Crippen LogP contribution in [0.1, 0.15) is 52.0 Å².